The van der Waals surface area contributed by atoms with Gasteiger partial charge in [0, 0.05) is 16.8 Å². The second kappa shape index (κ2) is 8.05. The molecular weight excluding hydrogens is 364 g/mol. The Morgan fingerprint density at radius 3 is 2.63 bits per heavy atom. The lowest BCUT2D eigenvalue weighted by molar-refractivity contribution is 0.102. The van der Waals surface area contributed by atoms with E-state index in [1.54, 1.807) is 25.3 Å². The molecule has 0 atom stereocenters. The average Bonchev–Trinajstić information content (AvgIpc) is 2.65. The van der Waals surface area contributed by atoms with Gasteiger partial charge in [0.15, 0.2) is 0 Å². The largest absolute Gasteiger partial charge is 0.495 e. The molecule has 2 aromatic carbocycles. The van der Waals surface area contributed by atoms with Gasteiger partial charge < -0.3 is 15.4 Å². The summed E-state index contributed by atoms with van der Waals surface area (Å²) < 4.78 is 5.36. The number of benzene rings is 2. The number of aromatic nitrogens is 2. The molecule has 6 nitrogen and oxygen atoms in total. The number of carbonyl (C=O) groups excluding carboxylic acids is 1. The molecule has 27 heavy (non-hydrogen) atoms. The number of anilines is 3. The molecule has 0 saturated heterocycles. The number of amides is 1. The van der Waals surface area contributed by atoms with E-state index in [0.717, 1.165) is 16.8 Å². The summed E-state index contributed by atoms with van der Waals surface area (Å²) in [4.78, 5) is 20.8. The molecule has 0 fully saturated rings. The highest BCUT2D eigenvalue weighted by Crippen LogP contribution is 2.28. The zero-order valence-corrected chi connectivity index (χ0v) is 16.0. The highest BCUT2D eigenvalue weighted by atomic mass is 35.5. The zero-order valence-electron chi connectivity index (χ0n) is 15.2. The number of halogens is 1. The Bertz CT molecular complexity index is 991. The highest BCUT2D eigenvalue weighted by molar-refractivity contribution is 6.31. The van der Waals surface area contributed by atoms with Crippen LogP contribution in [0.5, 0.6) is 5.75 Å². The molecule has 1 amide bonds. The van der Waals surface area contributed by atoms with Crippen LogP contribution in [0.4, 0.5) is 17.2 Å². The SMILES string of the molecule is COc1ccc(C)cc1Nc1cc(C(=O)Nc2cc(Cl)ccc2C)ncn1. The number of nitrogens with one attached hydrogen (secondary N) is 2. The van der Waals surface area contributed by atoms with Crippen molar-refractivity contribution in [1.29, 1.82) is 0 Å². The van der Waals surface area contributed by atoms with Crippen molar-refractivity contribution >= 4 is 34.7 Å². The number of methoxy groups -OCH3 is 1. The van der Waals surface area contributed by atoms with E-state index >= 15 is 0 Å². The van der Waals surface area contributed by atoms with Crippen LogP contribution in [-0.4, -0.2) is 23.0 Å². The van der Waals surface area contributed by atoms with Crippen LogP contribution in [0.1, 0.15) is 21.6 Å². The van der Waals surface area contributed by atoms with E-state index in [1.807, 2.05) is 38.1 Å². The Labute approximate surface area is 162 Å². The first-order chi connectivity index (χ1) is 13.0. The molecule has 0 aliphatic rings. The first kappa shape index (κ1) is 18.7. The van der Waals surface area contributed by atoms with E-state index in [1.165, 1.54) is 6.33 Å². The van der Waals surface area contributed by atoms with Crippen LogP contribution in [0, 0.1) is 13.8 Å². The third kappa shape index (κ3) is 4.54. The van der Waals surface area contributed by atoms with Crippen LogP contribution in [0.3, 0.4) is 0 Å². The Balaban J connectivity index is 1.82. The highest BCUT2D eigenvalue weighted by Gasteiger charge is 2.12. The first-order valence-corrected chi connectivity index (χ1v) is 8.65. The number of nitrogens with zero attached hydrogens (tertiary/aromatic N) is 2. The van der Waals surface area contributed by atoms with Gasteiger partial charge in [0.25, 0.3) is 5.91 Å². The average molecular weight is 383 g/mol. The molecule has 0 aliphatic heterocycles. The Morgan fingerprint density at radius 2 is 1.85 bits per heavy atom. The van der Waals surface area contributed by atoms with E-state index in [9.17, 15) is 4.79 Å². The second-order valence-electron chi connectivity index (χ2n) is 6.03. The summed E-state index contributed by atoms with van der Waals surface area (Å²) in [6.07, 6.45) is 1.34. The lowest BCUT2D eigenvalue weighted by Crippen LogP contribution is -2.15. The molecule has 0 bridgehead atoms. The summed E-state index contributed by atoms with van der Waals surface area (Å²) in [6, 6.07) is 12.7. The summed E-state index contributed by atoms with van der Waals surface area (Å²) in [7, 11) is 1.60. The number of hydrogen-bond donors (Lipinski definition) is 2. The molecule has 3 aromatic rings. The van der Waals surface area contributed by atoms with Crippen molar-refractivity contribution in [2.45, 2.75) is 13.8 Å². The third-order valence-corrected chi connectivity index (χ3v) is 4.20. The molecule has 0 radical (unpaired) electrons. The molecule has 1 heterocycles. The van der Waals surface area contributed by atoms with E-state index in [-0.39, 0.29) is 11.6 Å². The van der Waals surface area contributed by atoms with E-state index < -0.39 is 0 Å². The van der Waals surface area contributed by atoms with Crippen molar-refractivity contribution in [2.24, 2.45) is 0 Å². The van der Waals surface area contributed by atoms with Crippen LogP contribution in [0.15, 0.2) is 48.8 Å². The molecule has 0 saturated carbocycles. The molecule has 0 unspecified atom stereocenters. The molecule has 3 rings (SSSR count). The van der Waals surface area contributed by atoms with Gasteiger partial charge in [0.2, 0.25) is 0 Å². The molecule has 1 aromatic heterocycles. The monoisotopic (exact) mass is 382 g/mol. The van der Waals surface area contributed by atoms with Crippen LogP contribution in [0.2, 0.25) is 5.02 Å². The predicted molar refractivity (Wildman–Crippen MR) is 107 cm³/mol. The standard InChI is InChI=1S/C20H19ClN4O2/c1-12-4-7-18(27-3)16(8-12)24-19-10-17(22-11-23-19)20(26)25-15-9-14(21)6-5-13(15)2/h4-11H,1-3H3,(H,25,26)(H,22,23,24). The number of rotatable bonds is 5. The van der Waals surface area contributed by atoms with Gasteiger partial charge in [-0.15, -0.1) is 0 Å². The second-order valence-corrected chi connectivity index (χ2v) is 6.47. The Kier molecular flexibility index (Phi) is 5.57. The van der Waals surface area contributed by atoms with Crippen molar-refractivity contribution < 1.29 is 9.53 Å². The van der Waals surface area contributed by atoms with Crippen molar-refractivity contribution in [3.05, 3.63) is 70.6 Å². The smallest absolute Gasteiger partial charge is 0.274 e. The maximum absolute atomic E-state index is 12.6. The molecular formula is C20H19ClN4O2. The number of ether oxygens (including phenoxy) is 1. The van der Waals surface area contributed by atoms with Crippen LogP contribution in [0.25, 0.3) is 0 Å². The van der Waals surface area contributed by atoms with Gasteiger partial charge in [0.05, 0.1) is 12.8 Å². The maximum atomic E-state index is 12.6. The van der Waals surface area contributed by atoms with Gasteiger partial charge in [0.1, 0.15) is 23.6 Å². The third-order valence-electron chi connectivity index (χ3n) is 3.97. The quantitative estimate of drug-likeness (QED) is 0.665. The lowest BCUT2D eigenvalue weighted by Gasteiger charge is -2.12. The number of carbonyl (C=O) groups is 1. The summed E-state index contributed by atoms with van der Waals surface area (Å²) in [5.41, 5.74) is 3.61. The van der Waals surface area contributed by atoms with Crippen LogP contribution >= 0.6 is 11.6 Å². The minimum atomic E-state index is -0.345. The summed E-state index contributed by atoms with van der Waals surface area (Å²) in [5.74, 6) is 0.823. The van der Waals surface area contributed by atoms with Crippen molar-refractivity contribution in [3.8, 4) is 5.75 Å². The molecule has 138 valence electrons. The number of aryl methyl sites for hydroxylation is 2. The summed E-state index contributed by atoms with van der Waals surface area (Å²) in [6.45, 7) is 3.87. The van der Waals surface area contributed by atoms with Gasteiger partial charge in [-0.1, -0.05) is 23.7 Å². The fourth-order valence-corrected chi connectivity index (χ4v) is 2.69. The van der Waals surface area contributed by atoms with Crippen molar-refractivity contribution in [1.82, 2.24) is 9.97 Å². The fraction of sp³-hybridized carbons (Fsp3) is 0.150. The van der Waals surface area contributed by atoms with E-state index in [2.05, 4.69) is 20.6 Å². The summed E-state index contributed by atoms with van der Waals surface area (Å²) in [5, 5.41) is 6.54. The Hall–Kier alpha value is -3.12. The minimum Gasteiger partial charge on any atom is -0.495 e. The first-order valence-electron chi connectivity index (χ1n) is 8.27. The molecule has 7 heteroatoms. The van der Waals surface area contributed by atoms with Gasteiger partial charge in [-0.05, 0) is 49.2 Å². The van der Waals surface area contributed by atoms with Gasteiger partial charge in [-0.25, -0.2) is 9.97 Å². The van der Waals surface area contributed by atoms with Gasteiger partial charge in [-0.3, -0.25) is 4.79 Å². The normalized spacial score (nSPS) is 10.4. The van der Waals surface area contributed by atoms with Gasteiger partial charge in [-0.2, -0.15) is 0 Å². The van der Waals surface area contributed by atoms with Crippen molar-refractivity contribution in [3.63, 3.8) is 0 Å². The van der Waals surface area contributed by atoms with Crippen LogP contribution in [-0.2, 0) is 0 Å². The number of hydrogen-bond acceptors (Lipinski definition) is 5. The molecule has 2 N–H and O–H groups in total. The van der Waals surface area contributed by atoms with Gasteiger partial charge >= 0.3 is 0 Å². The molecule has 0 spiro atoms. The summed E-state index contributed by atoms with van der Waals surface area (Å²) >= 11 is 6.00. The predicted octanol–water partition coefficient (Wildman–Crippen LogP) is 4.75. The topological polar surface area (TPSA) is 76.1 Å². The maximum Gasteiger partial charge on any atom is 0.274 e. The lowest BCUT2D eigenvalue weighted by atomic mass is 10.2. The molecule has 0 aliphatic carbocycles. The van der Waals surface area contributed by atoms with E-state index in [4.69, 9.17) is 16.3 Å². The minimum absolute atomic E-state index is 0.235. The van der Waals surface area contributed by atoms with Crippen LogP contribution < -0.4 is 15.4 Å². The Morgan fingerprint density at radius 1 is 1.04 bits per heavy atom. The van der Waals surface area contributed by atoms with Crippen molar-refractivity contribution in [2.75, 3.05) is 17.7 Å². The zero-order chi connectivity index (χ0) is 19.4. The van der Waals surface area contributed by atoms with E-state index in [0.29, 0.717) is 22.3 Å². The fourth-order valence-electron chi connectivity index (χ4n) is 2.52.